The molecule has 2 aromatic carbocycles. The highest BCUT2D eigenvalue weighted by Gasteiger charge is 2.71. The number of fused-ring (bicyclic) bond motifs is 4. The number of hydrogen-bond donors (Lipinski definition) is 3. The normalized spacial score (nSPS) is 29.3. The third kappa shape index (κ3) is 2.73. The van der Waals surface area contributed by atoms with E-state index in [-0.39, 0.29) is 6.54 Å². The van der Waals surface area contributed by atoms with Gasteiger partial charge in [-0.3, -0.25) is 24.6 Å². The molecule has 0 saturated carbocycles. The number of halogens is 1. The van der Waals surface area contributed by atoms with E-state index in [0.717, 1.165) is 5.56 Å². The SMILES string of the molecule is COc1ccc(CN2C(=O)[C@@H]3[C@H]([C@H](C)O)N[C@]4(C(=O)Nc5c(Cl)cccc54)[C@@H]3C2=O)cc1. The topological polar surface area (TPSA) is 108 Å². The first-order chi connectivity index (χ1) is 15.3. The number of anilines is 1. The smallest absolute Gasteiger partial charge is 0.250 e. The number of nitrogens with one attached hydrogen (secondary N) is 2. The van der Waals surface area contributed by atoms with Gasteiger partial charge in [0.05, 0.1) is 42.3 Å². The first-order valence-electron chi connectivity index (χ1n) is 10.3. The maximum Gasteiger partial charge on any atom is 0.250 e. The van der Waals surface area contributed by atoms with Crippen LogP contribution in [0.1, 0.15) is 18.1 Å². The molecule has 166 valence electrons. The molecule has 9 heteroatoms. The highest BCUT2D eigenvalue weighted by Crippen LogP contribution is 2.54. The van der Waals surface area contributed by atoms with E-state index < -0.39 is 47.2 Å². The molecule has 3 aliphatic heterocycles. The van der Waals surface area contributed by atoms with Crippen molar-refractivity contribution in [2.24, 2.45) is 11.8 Å². The second-order valence-electron chi connectivity index (χ2n) is 8.45. The third-order valence-corrected chi connectivity index (χ3v) is 7.06. The fourth-order valence-electron chi connectivity index (χ4n) is 5.27. The Morgan fingerprint density at radius 3 is 2.53 bits per heavy atom. The van der Waals surface area contributed by atoms with Crippen molar-refractivity contribution in [1.82, 2.24) is 10.2 Å². The lowest BCUT2D eigenvalue weighted by Gasteiger charge is -2.30. The molecule has 3 N–H and O–H groups in total. The maximum atomic E-state index is 13.6. The number of ether oxygens (including phenoxy) is 1. The second-order valence-corrected chi connectivity index (χ2v) is 8.86. The lowest BCUT2D eigenvalue weighted by Crippen LogP contribution is -2.54. The Hall–Kier alpha value is -2.94. The van der Waals surface area contributed by atoms with Gasteiger partial charge in [0.25, 0.3) is 0 Å². The Morgan fingerprint density at radius 2 is 1.88 bits per heavy atom. The van der Waals surface area contributed by atoms with Gasteiger partial charge in [-0.1, -0.05) is 35.9 Å². The van der Waals surface area contributed by atoms with Gasteiger partial charge in [0.2, 0.25) is 17.7 Å². The molecule has 0 unspecified atom stereocenters. The quantitative estimate of drug-likeness (QED) is 0.605. The maximum absolute atomic E-state index is 13.6. The standard InChI is InChI=1S/C23H22ClN3O5/c1-11(28)18-16-17(23(26-18)14-4-3-5-15(24)19(14)25-22(23)31)21(30)27(20(16)29)10-12-6-8-13(32-2)9-7-12/h3-9,11,16-18,26,28H,10H2,1-2H3,(H,25,31)/t11-,16-,17-,18-,23-/m0/s1. The number of hydrogen-bond acceptors (Lipinski definition) is 6. The van der Waals surface area contributed by atoms with Crippen LogP contribution in [0.5, 0.6) is 5.75 Å². The van der Waals surface area contributed by atoms with Crippen LogP contribution in [-0.4, -0.2) is 47.0 Å². The molecule has 3 heterocycles. The number of rotatable bonds is 4. The number of carbonyl (C=O) groups is 3. The zero-order chi connectivity index (χ0) is 22.8. The van der Waals surface area contributed by atoms with Crippen molar-refractivity contribution in [3.05, 3.63) is 58.6 Å². The summed E-state index contributed by atoms with van der Waals surface area (Å²) in [5.41, 5.74) is 0.210. The molecule has 5 rings (SSSR count). The lowest BCUT2D eigenvalue weighted by molar-refractivity contribution is -0.143. The second kappa shape index (κ2) is 7.30. The zero-order valence-electron chi connectivity index (χ0n) is 17.5. The summed E-state index contributed by atoms with van der Waals surface area (Å²) < 4.78 is 5.16. The Bertz CT molecular complexity index is 1130. The van der Waals surface area contributed by atoms with E-state index in [1.165, 1.54) is 4.90 Å². The van der Waals surface area contributed by atoms with E-state index in [1.54, 1.807) is 56.5 Å². The predicted octanol–water partition coefficient (Wildman–Crippen LogP) is 1.65. The number of para-hydroxylation sites is 1. The summed E-state index contributed by atoms with van der Waals surface area (Å²) in [4.78, 5) is 41.6. The molecule has 32 heavy (non-hydrogen) atoms. The van der Waals surface area contributed by atoms with Crippen LogP contribution in [0.4, 0.5) is 5.69 Å². The average molecular weight is 456 g/mol. The van der Waals surface area contributed by atoms with Crippen LogP contribution >= 0.6 is 11.6 Å². The summed E-state index contributed by atoms with van der Waals surface area (Å²) in [6.07, 6.45) is -0.962. The summed E-state index contributed by atoms with van der Waals surface area (Å²) in [7, 11) is 1.56. The number of aliphatic hydroxyl groups excluding tert-OH is 1. The highest BCUT2D eigenvalue weighted by atomic mass is 35.5. The van der Waals surface area contributed by atoms with Gasteiger partial charge in [-0.25, -0.2) is 0 Å². The molecule has 3 amide bonds. The fourth-order valence-corrected chi connectivity index (χ4v) is 5.49. The molecule has 3 aliphatic rings. The highest BCUT2D eigenvalue weighted by molar-refractivity contribution is 6.35. The number of nitrogens with zero attached hydrogens (tertiary/aromatic N) is 1. The van der Waals surface area contributed by atoms with Gasteiger partial charge in [-0.15, -0.1) is 0 Å². The molecular formula is C23H22ClN3O5. The van der Waals surface area contributed by atoms with E-state index in [9.17, 15) is 19.5 Å². The van der Waals surface area contributed by atoms with Crippen molar-refractivity contribution < 1.29 is 24.2 Å². The summed E-state index contributed by atoms with van der Waals surface area (Å²) in [6, 6.07) is 11.4. The first kappa shape index (κ1) is 20.9. The number of aliphatic hydroxyl groups is 1. The van der Waals surface area contributed by atoms with Gasteiger partial charge in [0.1, 0.15) is 11.3 Å². The Kier molecular flexibility index (Phi) is 4.77. The molecule has 2 aromatic rings. The lowest BCUT2D eigenvalue weighted by atomic mass is 9.76. The summed E-state index contributed by atoms with van der Waals surface area (Å²) >= 11 is 6.30. The van der Waals surface area contributed by atoms with Crippen LogP contribution in [0.3, 0.4) is 0 Å². The van der Waals surface area contributed by atoms with Crippen molar-refractivity contribution in [3.8, 4) is 5.75 Å². The van der Waals surface area contributed by atoms with Gasteiger partial charge in [-0.05, 0) is 30.7 Å². The van der Waals surface area contributed by atoms with Gasteiger partial charge in [-0.2, -0.15) is 0 Å². The van der Waals surface area contributed by atoms with Crippen LogP contribution in [0.15, 0.2) is 42.5 Å². The van der Waals surface area contributed by atoms with Gasteiger partial charge in [0, 0.05) is 11.6 Å². The number of methoxy groups -OCH3 is 1. The molecule has 0 radical (unpaired) electrons. The Labute approximate surface area is 189 Å². The monoisotopic (exact) mass is 455 g/mol. The molecule has 1 spiro atoms. The minimum Gasteiger partial charge on any atom is -0.497 e. The molecule has 2 fully saturated rings. The van der Waals surface area contributed by atoms with Crippen molar-refractivity contribution in [2.75, 3.05) is 12.4 Å². The number of likely N-dealkylation sites (tertiary alicyclic amines) is 1. The van der Waals surface area contributed by atoms with Crippen molar-refractivity contribution >= 4 is 35.0 Å². The molecule has 0 aromatic heterocycles. The molecule has 5 atom stereocenters. The van der Waals surface area contributed by atoms with Crippen LogP contribution in [0.2, 0.25) is 5.02 Å². The number of imide groups is 1. The van der Waals surface area contributed by atoms with Crippen molar-refractivity contribution in [1.29, 1.82) is 0 Å². The molecular weight excluding hydrogens is 434 g/mol. The molecule has 8 nitrogen and oxygen atoms in total. The summed E-state index contributed by atoms with van der Waals surface area (Å²) in [6.45, 7) is 1.62. The van der Waals surface area contributed by atoms with Crippen LogP contribution < -0.4 is 15.4 Å². The van der Waals surface area contributed by atoms with Crippen LogP contribution in [0, 0.1) is 11.8 Å². The van der Waals surface area contributed by atoms with Crippen LogP contribution in [-0.2, 0) is 26.5 Å². The summed E-state index contributed by atoms with van der Waals surface area (Å²) in [5, 5.41) is 16.7. The zero-order valence-corrected chi connectivity index (χ0v) is 18.2. The molecule has 0 aliphatic carbocycles. The van der Waals surface area contributed by atoms with Gasteiger partial charge < -0.3 is 15.2 Å². The van der Waals surface area contributed by atoms with Crippen LogP contribution in [0.25, 0.3) is 0 Å². The number of carbonyl (C=O) groups excluding carboxylic acids is 3. The number of benzene rings is 2. The van der Waals surface area contributed by atoms with Crippen molar-refractivity contribution in [3.63, 3.8) is 0 Å². The van der Waals surface area contributed by atoms with E-state index in [0.29, 0.717) is 22.0 Å². The predicted molar refractivity (Wildman–Crippen MR) is 116 cm³/mol. The van der Waals surface area contributed by atoms with Gasteiger partial charge >= 0.3 is 0 Å². The molecule has 0 bridgehead atoms. The molecule has 2 saturated heterocycles. The van der Waals surface area contributed by atoms with Crippen molar-refractivity contribution in [2.45, 2.75) is 31.2 Å². The minimum atomic E-state index is -1.48. The Balaban J connectivity index is 1.58. The fraction of sp³-hybridized carbons (Fsp3) is 0.348. The first-order valence-corrected chi connectivity index (χ1v) is 10.7. The van der Waals surface area contributed by atoms with E-state index in [4.69, 9.17) is 16.3 Å². The Morgan fingerprint density at radius 1 is 1.16 bits per heavy atom. The van der Waals surface area contributed by atoms with E-state index in [1.807, 2.05) is 0 Å². The number of amides is 3. The van der Waals surface area contributed by atoms with E-state index in [2.05, 4.69) is 10.6 Å². The minimum absolute atomic E-state index is 0.0707. The third-order valence-electron chi connectivity index (χ3n) is 6.74. The average Bonchev–Trinajstić information content (AvgIpc) is 3.36. The van der Waals surface area contributed by atoms with E-state index >= 15 is 0 Å². The van der Waals surface area contributed by atoms with Gasteiger partial charge in [0.15, 0.2) is 0 Å². The largest absolute Gasteiger partial charge is 0.497 e. The summed E-state index contributed by atoms with van der Waals surface area (Å²) in [5.74, 6) is -2.52.